The van der Waals surface area contributed by atoms with Gasteiger partial charge in [0, 0.05) is 6.61 Å². The summed E-state index contributed by atoms with van der Waals surface area (Å²) in [6.45, 7) is 10.6. The Bertz CT molecular complexity index is 288. The molecule has 2 N–H and O–H groups in total. The number of aliphatic hydroxyl groups is 2. The van der Waals surface area contributed by atoms with Crippen molar-refractivity contribution in [2.75, 3.05) is 92.5 Å². The predicted molar refractivity (Wildman–Crippen MR) is 108 cm³/mol. The summed E-state index contributed by atoms with van der Waals surface area (Å²) in [5.74, 6) is 0. The lowest BCUT2D eigenvalue weighted by Crippen LogP contribution is -2.49. The third-order valence-corrected chi connectivity index (χ3v) is 3.52. The van der Waals surface area contributed by atoms with Crippen molar-refractivity contribution < 1.29 is 43.4 Å². The minimum atomic E-state index is -0.771. The first-order chi connectivity index (χ1) is 14.1. The van der Waals surface area contributed by atoms with E-state index in [4.69, 9.17) is 43.4 Å². The molecule has 0 aromatic rings. The van der Waals surface area contributed by atoms with Crippen molar-refractivity contribution in [1.29, 1.82) is 0 Å². The van der Waals surface area contributed by atoms with Crippen molar-refractivity contribution in [2.45, 2.75) is 38.9 Å². The molecule has 0 aliphatic rings. The van der Waals surface area contributed by atoms with Crippen LogP contribution in [0.5, 0.6) is 0 Å². The van der Waals surface area contributed by atoms with Crippen LogP contribution in [0.2, 0.25) is 0 Å². The highest BCUT2D eigenvalue weighted by Gasteiger charge is 2.34. The van der Waals surface area contributed by atoms with Crippen molar-refractivity contribution in [3.05, 3.63) is 0 Å². The average molecular weight is 427 g/mol. The molecule has 0 saturated carbocycles. The predicted octanol–water partition coefficient (Wildman–Crippen LogP) is 0.644. The van der Waals surface area contributed by atoms with Gasteiger partial charge in [0.25, 0.3) is 0 Å². The van der Waals surface area contributed by atoms with Crippen LogP contribution in [0.25, 0.3) is 0 Å². The average Bonchev–Trinajstić information content (AvgIpc) is 2.69. The van der Waals surface area contributed by atoms with Crippen LogP contribution in [0.15, 0.2) is 0 Å². The molecule has 0 unspecified atom stereocenters. The first kappa shape index (κ1) is 28.6. The van der Waals surface area contributed by atoms with Crippen LogP contribution in [0.1, 0.15) is 27.2 Å². The van der Waals surface area contributed by atoms with Gasteiger partial charge in [0.1, 0.15) is 5.60 Å². The van der Waals surface area contributed by atoms with Gasteiger partial charge in [0.05, 0.1) is 92.0 Å². The number of rotatable bonds is 23. The maximum Gasteiger partial charge on any atom is 0.138 e. The minimum absolute atomic E-state index is 0.0134. The van der Waals surface area contributed by atoms with Crippen molar-refractivity contribution >= 4 is 0 Å². The molecule has 9 heteroatoms. The zero-order chi connectivity index (χ0) is 21.6. The number of ether oxygens (including phenoxy) is 7. The van der Waals surface area contributed by atoms with Gasteiger partial charge >= 0.3 is 0 Å². The normalized spacial score (nSPS) is 12.2. The van der Waals surface area contributed by atoms with Crippen molar-refractivity contribution in [1.82, 2.24) is 0 Å². The fourth-order valence-corrected chi connectivity index (χ4v) is 2.43. The summed E-state index contributed by atoms with van der Waals surface area (Å²) < 4.78 is 39.3. The summed E-state index contributed by atoms with van der Waals surface area (Å²) in [4.78, 5) is 0. The van der Waals surface area contributed by atoms with E-state index in [1.165, 1.54) is 0 Å². The monoisotopic (exact) mass is 426 g/mol. The Balaban J connectivity index is 4.57. The van der Waals surface area contributed by atoms with Gasteiger partial charge in [-0.3, -0.25) is 0 Å². The SMILES string of the molecule is CCCOCCOCC(COCCOCCO)(COCCOCCO)OC(C)C. The summed E-state index contributed by atoms with van der Waals surface area (Å²) in [5.41, 5.74) is -0.771. The van der Waals surface area contributed by atoms with Gasteiger partial charge in [-0.1, -0.05) is 6.92 Å². The third kappa shape index (κ3) is 18.2. The van der Waals surface area contributed by atoms with E-state index in [-0.39, 0.29) is 45.7 Å². The highest BCUT2D eigenvalue weighted by molar-refractivity contribution is 4.82. The molecule has 176 valence electrons. The molecule has 0 radical (unpaired) electrons. The fraction of sp³-hybridized carbons (Fsp3) is 1.00. The molecule has 0 aliphatic heterocycles. The standard InChI is InChI=1S/C20H42O9/c1-4-7-23-10-13-26-16-20(29-19(2)3,17-27-14-11-24-8-5-21)18-28-15-12-25-9-6-22/h19,21-22H,4-18H2,1-3H3. The molecular formula is C20H42O9. The molecule has 0 amide bonds. The lowest BCUT2D eigenvalue weighted by Gasteiger charge is -2.35. The van der Waals surface area contributed by atoms with E-state index in [0.717, 1.165) is 6.42 Å². The van der Waals surface area contributed by atoms with Crippen molar-refractivity contribution in [3.8, 4) is 0 Å². The maximum atomic E-state index is 8.75. The van der Waals surface area contributed by atoms with Gasteiger partial charge in [0.15, 0.2) is 0 Å². The smallest absolute Gasteiger partial charge is 0.138 e. The molecule has 0 aromatic heterocycles. The Kier molecular flexibility index (Phi) is 20.6. The second-order valence-corrected chi connectivity index (χ2v) is 6.79. The topological polar surface area (TPSA) is 105 Å². The summed E-state index contributed by atoms with van der Waals surface area (Å²) >= 11 is 0. The van der Waals surface area contributed by atoms with Crippen LogP contribution in [0, 0.1) is 0 Å². The lowest BCUT2D eigenvalue weighted by atomic mass is 10.1. The number of aliphatic hydroxyl groups excluding tert-OH is 2. The Morgan fingerprint density at radius 2 is 0.966 bits per heavy atom. The number of hydrogen-bond donors (Lipinski definition) is 2. The maximum absolute atomic E-state index is 8.75. The van der Waals surface area contributed by atoms with Crippen LogP contribution in [-0.2, 0) is 33.2 Å². The summed E-state index contributed by atoms with van der Waals surface area (Å²) in [6, 6.07) is 0. The molecule has 0 bridgehead atoms. The molecule has 9 nitrogen and oxygen atoms in total. The molecule has 0 aromatic carbocycles. The van der Waals surface area contributed by atoms with Gasteiger partial charge in [-0.15, -0.1) is 0 Å². The molecule has 29 heavy (non-hydrogen) atoms. The molecule has 0 heterocycles. The first-order valence-corrected chi connectivity index (χ1v) is 10.5. The van der Waals surface area contributed by atoms with E-state index in [2.05, 4.69) is 6.92 Å². The van der Waals surface area contributed by atoms with Gasteiger partial charge < -0.3 is 43.4 Å². The van der Waals surface area contributed by atoms with E-state index in [0.29, 0.717) is 52.9 Å². The van der Waals surface area contributed by atoms with Crippen LogP contribution in [-0.4, -0.2) is 114 Å². The van der Waals surface area contributed by atoms with Crippen LogP contribution in [0.4, 0.5) is 0 Å². The Morgan fingerprint density at radius 1 is 0.586 bits per heavy atom. The summed E-state index contributed by atoms with van der Waals surface area (Å²) in [5, 5.41) is 17.5. The molecule has 0 saturated heterocycles. The second kappa shape index (κ2) is 20.9. The zero-order valence-electron chi connectivity index (χ0n) is 18.4. The van der Waals surface area contributed by atoms with Gasteiger partial charge in [-0.2, -0.15) is 0 Å². The fourth-order valence-electron chi connectivity index (χ4n) is 2.43. The van der Waals surface area contributed by atoms with Crippen LogP contribution in [0.3, 0.4) is 0 Å². The molecule has 0 fully saturated rings. The molecular weight excluding hydrogens is 384 g/mol. The molecule has 0 atom stereocenters. The van der Waals surface area contributed by atoms with Gasteiger partial charge in [-0.05, 0) is 20.3 Å². The first-order valence-electron chi connectivity index (χ1n) is 10.5. The largest absolute Gasteiger partial charge is 0.394 e. The highest BCUT2D eigenvalue weighted by Crippen LogP contribution is 2.17. The Morgan fingerprint density at radius 3 is 1.31 bits per heavy atom. The minimum Gasteiger partial charge on any atom is -0.394 e. The van der Waals surface area contributed by atoms with E-state index in [9.17, 15) is 0 Å². The third-order valence-electron chi connectivity index (χ3n) is 3.52. The van der Waals surface area contributed by atoms with Crippen LogP contribution < -0.4 is 0 Å². The zero-order valence-corrected chi connectivity index (χ0v) is 18.4. The van der Waals surface area contributed by atoms with E-state index >= 15 is 0 Å². The Labute approximate surface area is 175 Å². The lowest BCUT2D eigenvalue weighted by molar-refractivity contribution is -0.188. The van der Waals surface area contributed by atoms with E-state index in [1.54, 1.807) is 0 Å². The summed E-state index contributed by atoms with van der Waals surface area (Å²) in [7, 11) is 0. The van der Waals surface area contributed by atoms with Crippen LogP contribution >= 0.6 is 0 Å². The van der Waals surface area contributed by atoms with E-state index < -0.39 is 5.60 Å². The Hall–Kier alpha value is -0.360. The van der Waals surface area contributed by atoms with Gasteiger partial charge in [0.2, 0.25) is 0 Å². The van der Waals surface area contributed by atoms with E-state index in [1.807, 2.05) is 13.8 Å². The summed E-state index contributed by atoms with van der Waals surface area (Å²) in [6.07, 6.45) is 0.928. The highest BCUT2D eigenvalue weighted by atomic mass is 16.6. The van der Waals surface area contributed by atoms with Gasteiger partial charge in [-0.25, -0.2) is 0 Å². The second-order valence-electron chi connectivity index (χ2n) is 6.79. The van der Waals surface area contributed by atoms with Crippen molar-refractivity contribution in [2.24, 2.45) is 0 Å². The molecule has 0 rings (SSSR count). The van der Waals surface area contributed by atoms with Crippen molar-refractivity contribution in [3.63, 3.8) is 0 Å². The molecule has 0 aliphatic carbocycles. The number of hydrogen-bond acceptors (Lipinski definition) is 9. The quantitative estimate of drug-likeness (QED) is 0.228. The molecule has 0 spiro atoms.